The summed E-state index contributed by atoms with van der Waals surface area (Å²) in [6, 6.07) is 15.8. The highest BCUT2D eigenvalue weighted by Gasteiger charge is 2.44. The maximum Gasteiger partial charge on any atom is 0.250 e. The van der Waals surface area contributed by atoms with Crippen LogP contribution >= 0.6 is 0 Å². The van der Waals surface area contributed by atoms with Gasteiger partial charge in [-0.2, -0.15) is 0 Å². The van der Waals surface area contributed by atoms with E-state index in [1.807, 2.05) is 36.4 Å². The van der Waals surface area contributed by atoms with E-state index in [0.717, 1.165) is 50.1 Å². The van der Waals surface area contributed by atoms with Crippen LogP contribution in [0.3, 0.4) is 0 Å². The number of rotatable bonds is 4. The lowest BCUT2D eigenvalue weighted by atomic mass is 9.83. The highest BCUT2D eigenvalue weighted by Crippen LogP contribution is 2.36. The number of nitrogens with one attached hydrogen (secondary N) is 2. The van der Waals surface area contributed by atoms with Crippen LogP contribution in [0.2, 0.25) is 0 Å². The van der Waals surface area contributed by atoms with Crippen molar-refractivity contribution in [1.29, 1.82) is 0 Å². The van der Waals surface area contributed by atoms with Crippen molar-refractivity contribution in [3.8, 4) is 5.75 Å². The Morgan fingerprint density at radius 2 is 1.74 bits per heavy atom. The Morgan fingerprint density at radius 1 is 1.07 bits per heavy atom. The molecule has 5 nitrogen and oxygen atoms in total. The van der Waals surface area contributed by atoms with Gasteiger partial charge in [-0.15, -0.1) is 0 Å². The number of fused-ring (bicyclic) bond motifs is 1. The lowest BCUT2D eigenvalue weighted by Gasteiger charge is -2.45. The molecule has 0 radical (unpaired) electrons. The molecule has 2 heterocycles. The number of phenols is 1. The molecule has 142 valence electrons. The Labute approximate surface area is 160 Å². The molecule has 0 aliphatic carbocycles. The molecule has 0 unspecified atom stereocenters. The van der Waals surface area contributed by atoms with E-state index < -0.39 is 5.54 Å². The van der Waals surface area contributed by atoms with Crippen LogP contribution < -0.4 is 10.6 Å². The molecule has 0 bridgehead atoms. The van der Waals surface area contributed by atoms with Gasteiger partial charge in [0.15, 0.2) is 0 Å². The third kappa shape index (κ3) is 3.65. The summed E-state index contributed by atoms with van der Waals surface area (Å²) >= 11 is 0. The van der Waals surface area contributed by atoms with Gasteiger partial charge in [-0.1, -0.05) is 24.3 Å². The highest BCUT2D eigenvalue weighted by atomic mass is 16.3. The summed E-state index contributed by atoms with van der Waals surface area (Å²) in [5.41, 5.74) is 2.66. The normalized spacial score (nSPS) is 19.8. The highest BCUT2D eigenvalue weighted by molar-refractivity contribution is 6.06. The number of aromatic hydroxyl groups is 1. The van der Waals surface area contributed by atoms with Gasteiger partial charge in [0, 0.05) is 19.1 Å². The van der Waals surface area contributed by atoms with Crippen molar-refractivity contribution in [3.05, 3.63) is 54.1 Å². The lowest BCUT2D eigenvalue weighted by molar-refractivity contribution is -0.122. The maximum atomic E-state index is 12.7. The Balaban J connectivity index is 1.34. The molecular weight excluding hydrogens is 338 g/mol. The Kier molecular flexibility index (Phi) is 4.79. The summed E-state index contributed by atoms with van der Waals surface area (Å²) in [4.78, 5) is 15.2. The quantitative estimate of drug-likeness (QED) is 0.774. The minimum atomic E-state index is -0.485. The number of anilines is 2. The molecule has 2 aliphatic rings. The van der Waals surface area contributed by atoms with E-state index in [1.165, 1.54) is 5.56 Å². The van der Waals surface area contributed by atoms with Gasteiger partial charge in [-0.3, -0.25) is 4.79 Å². The van der Waals surface area contributed by atoms with Gasteiger partial charge in [0.05, 0.1) is 11.4 Å². The number of nitrogens with zero attached hydrogens (tertiary/aromatic N) is 1. The number of piperidine rings is 1. The van der Waals surface area contributed by atoms with E-state index in [9.17, 15) is 9.90 Å². The first-order valence-corrected chi connectivity index (χ1v) is 9.76. The molecule has 0 aromatic heterocycles. The first-order valence-electron chi connectivity index (χ1n) is 9.76. The van der Waals surface area contributed by atoms with E-state index in [-0.39, 0.29) is 5.91 Å². The van der Waals surface area contributed by atoms with Crippen LogP contribution in [0.1, 0.15) is 31.7 Å². The van der Waals surface area contributed by atoms with Crippen molar-refractivity contribution in [1.82, 2.24) is 4.90 Å². The van der Waals surface area contributed by atoms with Gasteiger partial charge in [-0.25, -0.2) is 0 Å². The van der Waals surface area contributed by atoms with Crippen molar-refractivity contribution in [2.75, 3.05) is 23.7 Å². The molecule has 1 saturated heterocycles. The van der Waals surface area contributed by atoms with Gasteiger partial charge >= 0.3 is 0 Å². The van der Waals surface area contributed by atoms with Crippen LogP contribution in [0.5, 0.6) is 5.75 Å². The molecule has 3 N–H and O–H groups in total. The summed E-state index contributed by atoms with van der Waals surface area (Å²) in [6.45, 7) is 4.10. The topological polar surface area (TPSA) is 64.6 Å². The minimum Gasteiger partial charge on any atom is -0.508 e. The van der Waals surface area contributed by atoms with Crippen LogP contribution in [0, 0.1) is 0 Å². The fraction of sp³-hybridized carbons (Fsp3) is 0.409. The summed E-state index contributed by atoms with van der Waals surface area (Å²) in [5, 5.41) is 16.0. The molecule has 5 heteroatoms. The Bertz CT molecular complexity index is 811. The molecule has 1 atom stereocenters. The molecule has 2 aromatic rings. The second kappa shape index (κ2) is 7.24. The van der Waals surface area contributed by atoms with E-state index in [1.54, 1.807) is 12.1 Å². The Morgan fingerprint density at radius 3 is 2.44 bits per heavy atom. The first kappa shape index (κ1) is 17.9. The number of hydrogen-bond acceptors (Lipinski definition) is 4. The zero-order valence-corrected chi connectivity index (χ0v) is 15.7. The van der Waals surface area contributed by atoms with Crippen LogP contribution in [-0.4, -0.2) is 40.6 Å². The molecule has 1 spiro atoms. The molecule has 27 heavy (non-hydrogen) atoms. The largest absolute Gasteiger partial charge is 0.508 e. The number of phenolic OH excluding ortho intramolecular Hbond substituents is 1. The van der Waals surface area contributed by atoms with Crippen molar-refractivity contribution in [2.45, 2.75) is 44.2 Å². The monoisotopic (exact) mass is 365 g/mol. The number of amides is 1. The van der Waals surface area contributed by atoms with Gasteiger partial charge in [0.25, 0.3) is 0 Å². The van der Waals surface area contributed by atoms with Crippen LogP contribution in [0.25, 0.3) is 0 Å². The SMILES string of the molecule is C[C@@H](CCc1ccc(O)cc1)N1CCC2(CC1)Nc1ccccc1NC2=O. The number of aryl methyl sites for hydroxylation is 1. The fourth-order valence-electron chi connectivity index (χ4n) is 4.18. The van der Waals surface area contributed by atoms with Gasteiger partial charge < -0.3 is 20.6 Å². The van der Waals surface area contributed by atoms with Crippen LogP contribution in [-0.2, 0) is 11.2 Å². The molecule has 4 rings (SSSR count). The number of para-hydroxylation sites is 2. The Hall–Kier alpha value is -2.53. The van der Waals surface area contributed by atoms with Crippen molar-refractivity contribution in [3.63, 3.8) is 0 Å². The number of hydrogen-bond donors (Lipinski definition) is 3. The standard InChI is InChI=1S/C22H27N3O2/c1-16(6-7-17-8-10-18(26)11-9-17)25-14-12-22(13-15-25)21(27)23-19-4-2-3-5-20(19)24-22/h2-5,8-11,16,24,26H,6-7,12-15H2,1H3,(H,23,27)/t16-/m0/s1. The van der Waals surface area contributed by atoms with Crippen molar-refractivity contribution < 1.29 is 9.90 Å². The molecule has 0 saturated carbocycles. The van der Waals surface area contributed by atoms with E-state index in [4.69, 9.17) is 0 Å². The van der Waals surface area contributed by atoms with Crippen LogP contribution in [0.4, 0.5) is 11.4 Å². The van der Waals surface area contributed by atoms with E-state index >= 15 is 0 Å². The van der Waals surface area contributed by atoms with Crippen molar-refractivity contribution in [2.24, 2.45) is 0 Å². The number of carbonyl (C=O) groups is 1. The fourth-order valence-corrected chi connectivity index (χ4v) is 4.18. The van der Waals surface area contributed by atoms with E-state index in [2.05, 4.69) is 22.5 Å². The number of likely N-dealkylation sites (tertiary alicyclic amines) is 1. The maximum absolute atomic E-state index is 12.7. The van der Waals surface area contributed by atoms with Crippen LogP contribution in [0.15, 0.2) is 48.5 Å². The second-order valence-electron chi connectivity index (χ2n) is 7.80. The number of carbonyl (C=O) groups excluding carboxylic acids is 1. The number of benzene rings is 2. The van der Waals surface area contributed by atoms with Gasteiger partial charge in [0.1, 0.15) is 11.3 Å². The third-order valence-corrected chi connectivity index (χ3v) is 6.05. The molecule has 1 amide bonds. The predicted octanol–water partition coefficient (Wildman–Crippen LogP) is 3.61. The zero-order chi connectivity index (χ0) is 18.9. The summed E-state index contributed by atoms with van der Waals surface area (Å²) in [5.74, 6) is 0.408. The predicted molar refractivity (Wildman–Crippen MR) is 108 cm³/mol. The molecule has 1 fully saturated rings. The third-order valence-electron chi connectivity index (χ3n) is 6.05. The van der Waals surface area contributed by atoms with Gasteiger partial charge in [-0.05, 0) is 62.4 Å². The molecular formula is C22H27N3O2. The van der Waals surface area contributed by atoms with Gasteiger partial charge in [0.2, 0.25) is 5.91 Å². The minimum absolute atomic E-state index is 0.0950. The molecule has 2 aromatic carbocycles. The first-order chi connectivity index (χ1) is 13.1. The van der Waals surface area contributed by atoms with E-state index in [0.29, 0.717) is 11.8 Å². The lowest BCUT2D eigenvalue weighted by Crippen LogP contribution is -2.59. The smallest absolute Gasteiger partial charge is 0.250 e. The zero-order valence-electron chi connectivity index (χ0n) is 15.7. The average molecular weight is 365 g/mol. The summed E-state index contributed by atoms with van der Waals surface area (Å²) < 4.78 is 0. The average Bonchev–Trinajstić information content (AvgIpc) is 2.69. The summed E-state index contributed by atoms with van der Waals surface area (Å²) in [6.07, 6.45) is 3.70. The molecule has 2 aliphatic heterocycles. The summed E-state index contributed by atoms with van der Waals surface area (Å²) in [7, 11) is 0. The van der Waals surface area contributed by atoms with Crippen molar-refractivity contribution >= 4 is 17.3 Å². The second-order valence-corrected chi connectivity index (χ2v) is 7.80.